The van der Waals surface area contributed by atoms with E-state index in [9.17, 15) is 9.59 Å². The number of carbonyl (C=O) groups is 2. The second-order valence-electron chi connectivity index (χ2n) is 7.33. The molecule has 144 valence electrons. The second-order valence-corrected chi connectivity index (χ2v) is 7.33. The first-order chi connectivity index (χ1) is 12.6. The Hall–Kier alpha value is -2.04. The van der Waals surface area contributed by atoms with E-state index in [0.29, 0.717) is 6.54 Å². The first kappa shape index (κ1) is 20.3. The van der Waals surface area contributed by atoms with Crippen LogP contribution in [0.15, 0.2) is 30.3 Å². The molecule has 0 aliphatic heterocycles. The molecule has 3 amide bonds. The molecule has 1 saturated carbocycles. The molecule has 5 heteroatoms. The lowest BCUT2D eigenvalue weighted by atomic mass is 9.89. The fourth-order valence-electron chi connectivity index (χ4n) is 3.55. The molecule has 0 aromatic heterocycles. The summed E-state index contributed by atoms with van der Waals surface area (Å²) in [5.74, 6) is 0.136. The highest BCUT2D eigenvalue weighted by Gasteiger charge is 2.28. The zero-order valence-electron chi connectivity index (χ0n) is 16.1. The first-order valence-electron chi connectivity index (χ1n) is 9.98. The van der Waals surface area contributed by atoms with Crippen LogP contribution in [0.5, 0.6) is 0 Å². The summed E-state index contributed by atoms with van der Waals surface area (Å²) < 4.78 is 0. The zero-order valence-corrected chi connectivity index (χ0v) is 16.1. The van der Waals surface area contributed by atoms with Crippen LogP contribution in [0.25, 0.3) is 0 Å². The zero-order chi connectivity index (χ0) is 18.8. The van der Waals surface area contributed by atoms with Crippen LogP contribution in [-0.4, -0.2) is 30.6 Å². The van der Waals surface area contributed by atoms with Crippen molar-refractivity contribution in [3.05, 3.63) is 35.9 Å². The molecule has 0 heterocycles. The third-order valence-corrected chi connectivity index (χ3v) is 5.12. The number of carbonyl (C=O) groups excluding carboxylic acids is 2. The quantitative estimate of drug-likeness (QED) is 0.666. The molecule has 1 aromatic carbocycles. The van der Waals surface area contributed by atoms with E-state index >= 15 is 0 Å². The summed E-state index contributed by atoms with van der Waals surface area (Å²) in [6.07, 6.45) is 6.75. The fraction of sp³-hybridized carbons (Fsp3) is 0.619. The van der Waals surface area contributed by atoms with Gasteiger partial charge in [0.25, 0.3) is 0 Å². The van der Waals surface area contributed by atoms with Crippen LogP contribution in [0.1, 0.15) is 57.9 Å². The van der Waals surface area contributed by atoms with E-state index in [0.717, 1.165) is 44.9 Å². The standard InChI is InChI=1S/C21H33N3O2/c1-3-9-16(2)20(25)23-18-12-7-8-13-19(18)24-21(26)22-15-14-17-10-5-4-6-11-17/h4-6,10-11,16,18-19H,3,7-9,12-15H2,1-2H3,(H,23,25)(H2,22,24,26). The molecule has 1 fully saturated rings. The highest BCUT2D eigenvalue weighted by atomic mass is 16.2. The second kappa shape index (κ2) is 10.8. The van der Waals surface area contributed by atoms with E-state index in [1.807, 2.05) is 25.1 Å². The lowest BCUT2D eigenvalue weighted by Gasteiger charge is -2.33. The van der Waals surface area contributed by atoms with Gasteiger partial charge in [0.1, 0.15) is 0 Å². The Kier molecular flexibility index (Phi) is 8.45. The molecule has 0 spiro atoms. The summed E-state index contributed by atoms with van der Waals surface area (Å²) in [6.45, 7) is 4.67. The van der Waals surface area contributed by atoms with Crippen LogP contribution in [0, 0.1) is 5.92 Å². The van der Waals surface area contributed by atoms with Crippen molar-refractivity contribution in [2.45, 2.75) is 70.9 Å². The Morgan fingerprint density at radius 1 is 1.08 bits per heavy atom. The predicted molar refractivity (Wildman–Crippen MR) is 105 cm³/mol. The van der Waals surface area contributed by atoms with Gasteiger partial charge in [0.15, 0.2) is 0 Å². The van der Waals surface area contributed by atoms with Gasteiger partial charge in [0.2, 0.25) is 5.91 Å². The summed E-state index contributed by atoms with van der Waals surface area (Å²) in [5, 5.41) is 9.16. The maximum Gasteiger partial charge on any atom is 0.315 e. The van der Waals surface area contributed by atoms with Crippen molar-refractivity contribution in [2.24, 2.45) is 5.92 Å². The van der Waals surface area contributed by atoms with Gasteiger partial charge in [0, 0.05) is 18.5 Å². The number of urea groups is 1. The summed E-state index contributed by atoms with van der Waals surface area (Å²) >= 11 is 0. The van der Waals surface area contributed by atoms with Crippen molar-refractivity contribution >= 4 is 11.9 Å². The van der Waals surface area contributed by atoms with Crippen molar-refractivity contribution in [3.63, 3.8) is 0 Å². The summed E-state index contributed by atoms with van der Waals surface area (Å²) in [5.41, 5.74) is 1.21. The highest BCUT2D eigenvalue weighted by Crippen LogP contribution is 2.19. The molecule has 0 bridgehead atoms. The molecule has 1 aliphatic carbocycles. The van der Waals surface area contributed by atoms with Gasteiger partial charge in [0.05, 0.1) is 6.04 Å². The molecular weight excluding hydrogens is 326 g/mol. The molecule has 26 heavy (non-hydrogen) atoms. The van der Waals surface area contributed by atoms with E-state index < -0.39 is 0 Å². The normalized spacial score (nSPS) is 20.8. The largest absolute Gasteiger partial charge is 0.351 e. The molecular formula is C21H33N3O2. The summed E-state index contributed by atoms with van der Waals surface area (Å²) in [6, 6.07) is 10.0. The van der Waals surface area contributed by atoms with Crippen LogP contribution >= 0.6 is 0 Å². The summed E-state index contributed by atoms with van der Waals surface area (Å²) in [7, 11) is 0. The monoisotopic (exact) mass is 359 g/mol. The molecule has 3 atom stereocenters. The number of hydrogen-bond donors (Lipinski definition) is 3. The van der Waals surface area contributed by atoms with Gasteiger partial charge >= 0.3 is 6.03 Å². The van der Waals surface area contributed by atoms with Gasteiger partial charge in [-0.3, -0.25) is 4.79 Å². The third kappa shape index (κ3) is 6.70. The lowest BCUT2D eigenvalue weighted by molar-refractivity contribution is -0.125. The van der Waals surface area contributed by atoms with E-state index in [-0.39, 0.29) is 29.9 Å². The fourth-order valence-corrected chi connectivity index (χ4v) is 3.55. The topological polar surface area (TPSA) is 70.2 Å². The smallest absolute Gasteiger partial charge is 0.315 e. The van der Waals surface area contributed by atoms with E-state index in [1.54, 1.807) is 0 Å². The predicted octanol–water partition coefficient (Wildman–Crippen LogP) is 3.39. The molecule has 0 radical (unpaired) electrons. The minimum Gasteiger partial charge on any atom is -0.351 e. The Morgan fingerprint density at radius 2 is 1.73 bits per heavy atom. The molecule has 2 rings (SSSR count). The van der Waals surface area contributed by atoms with Crippen molar-refractivity contribution in [1.29, 1.82) is 0 Å². The number of hydrogen-bond acceptors (Lipinski definition) is 2. The van der Waals surface area contributed by atoms with Crippen molar-refractivity contribution in [3.8, 4) is 0 Å². The van der Waals surface area contributed by atoms with Gasteiger partial charge < -0.3 is 16.0 Å². The van der Waals surface area contributed by atoms with Crippen LogP contribution < -0.4 is 16.0 Å². The van der Waals surface area contributed by atoms with Crippen molar-refractivity contribution in [2.75, 3.05) is 6.54 Å². The Labute approximate surface area is 157 Å². The van der Waals surface area contributed by atoms with Gasteiger partial charge in [-0.05, 0) is 31.2 Å². The summed E-state index contributed by atoms with van der Waals surface area (Å²) in [4.78, 5) is 24.6. The minimum atomic E-state index is -0.145. The average molecular weight is 360 g/mol. The molecule has 1 aromatic rings. The van der Waals surface area contributed by atoms with Gasteiger partial charge in [-0.25, -0.2) is 4.79 Å². The van der Waals surface area contributed by atoms with Crippen LogP contribution in [0.4, 0.5) is 4.79 Å². The number of benzene rings is 1. The van der Waals surface area contributed by atoms with Crippen molar-refractivity contribution in [1.82, 2.24) is 16.0 Å². The van der Waals surface area contributed by atoms with Crippen LogP contribution in [0.3, 0.4) is 0 Å². The van der Waals surface area contributed by atoms with Gasteiger partial charge in [-0.15, -0.1) is 0 Å². The number of amides is 3. The van der Waals surface area contributed by atoms with Gasteiger partial charge in [-0.2, -0.15) is 0 Å². The molecule has 3 unspecified atom stereocenters. The average Bonchev–Trinajstić information content (AvgIpc) is 2.64. The third-order valence-electron chi connectivity index (χ3n) is 5.12. The maximum absolute atomic E-state index is 12.3. The van der Waals surface area contributed by atoms with Crippen molar-refractivity contribution < 1.29 is 9.59 Å². The van der Waals surface area contributed by atoms with Crippen LogP contribution in [0.2, 0.25) is 0 Å². The SMILES string of the molecule is CCCC(C)C(=O)NC1CCCCC1NC(=O)NCCc1ccccc1. The van der Waals surface area contributed by atoms with E-state index in [1.165, 1.54) is 5.56 Å². The lowest BCUT2D eigenvalue weighted by Crippen LogP contribution is -2.55. The number of nitrogens with one attached hydrogen (secondary N) is 3. The Bertz CT molecular complexity index is 562. The molecule has 5 nitrogen and oxygen atoms in total. The maximum atomic E-state index is 12.3. The van der Waals surface area contributed by atoms with E-state index in [2.05, 4.69) is 35.0 Å². The van der Waals surface area contributed by atoms with Gasteiger partial charge in [-0.1, -0.05) is 63.4 Å². The Balaban J connectivity index is 1.77. The van der Waals surface area contributed by atoms with Crippen LogP contribution in [-0.2, 0) is 11.2 Å². The highest BCUT2D eigenvalue weighted by molar-refractivity contribution is 5.79. The van der Waals surface area contributed by atoms with E-state index in [4.69, 9.17) is 0 Å². The Morgan fingerprint density at radius 3 is 2.38 bits per heavy atom. The minimum absolute atomic E-state index is 0.0123. The molecule has 1 aliphatic rings. The number of rotatable bonds is 8. The first-order valence-corrected chi connectivity index (χ1v) is 9.98. The molecule has 0 saturated heterocycles. The molecule has 3 N–H and O–H groups in total.